The van der Waals surface area contributed by atoms with E-state index in [9.17, 15) is 4.79 Å². The van der Waals surface area contributed by atoms with E-state index in [1.54, 1.807) is 6.26 Å². The molecule has 4 heteroatoms. The first-order chi connectivity index (χ1) is 10.0. The predicted molar refractivity (Wildman–Crippen MR) is 83.3 cm³/mol. The lowest BCUT2D eigenvalue weighted by molar-refractivity contribution is -0.121. The number of benzene rings is 1. The van der Waals surface area contributed by atoms with Gasteiger partial charge in [0.2, 0.25) is 5.91 Å². The molecule has 1 aromatic carbocycles. The van der Waals surface area contributed by atoms with Crippen LogP contribution in [0.2, 0.25) is 0 Å². The van der Waals surface area contributed by atoms with Crippen molar-refractivity contribution in [1.29, 1.82) is 0 Å². The van der Waals surface area contributed by atoms with Crippen molar-refractivity contribution in [2.45, 2.75) is 46.1 Å². The van der Waals surface area contributed by atoms with Crippen molar-refractivity contribution in [3.05, 3.63) is 35.1 Å². The van der Waals surface area contributed by atoms with E-state index < -0.39 is 0 Å². The smallest absolute Gasteiger partial charge is 0.224 e. The third kappa shape index (κ3) is 3.85. The summed E-state index contributed by atoms with van der Waals surface area (Å²) >= 11 is 0. The normalized spacial score (nSPS) is 12.6. The Labute approximate surface area is 125 Å². The molecule has 2 aromatic rings. The summed E-state index contributed by atoms with van der Waals surface area (Å²) in [5.41, 5.74) is 4.13. The summed E-state index contributed by atoms with van der Waals surface area (Å²) in [6.45, 7) is 6.22. The minimum Gasteiger partial charge on any atom is -0.464 e. The van der Waals surface area contributed by atoms with E-state index in [0.717, 1.165) is 23.0 Å². The van der Waals surface area contributed by atoms with Gasteiger partial charge in [-0.15, -0.1) is 0 Å². The number of nitrogens with one attached hydrogen (secondary N) is 1. The quantitative estimate of drug-likeness (QED) is 0.859. The van der Waals surface area contributed by atoms with Crippen LogP contribution in [0, 0.1) is 13.8 Å². The first-order valence-electron chi connectivity index (χ1n) is 7.38. The molecule has 0 aliphatic rings. The Morgan fingerprint density at radius 3 is 2.76 bits per heavy atom. The third-order valence-corrected chi connectivity index (χ3v) is 3.82. The largest absolute Gasteiger partial charge is 0.464 e. The third-order valence-electron chi connectivity index (χ3n) is 3.82. The number of hydrogen-bond donors (Lipinski definition) is 2. The minimum atomic E-state index is -0.0126. The molecule has 2 rings (SSSR count). The van der Waals surface area contributed by atoms with E-state index in [2.05, 4.69) is 18.3 Å². The van der Waals surface area contributed by atoms with E-state index in [0.29, 0.717) is 12.8 Å². The second kappa shape index (κ2) is 6.76. The van der Waals surface area contributed by atoms with Crippen LogP contribution >= 0.6 is 0 Å². The van der Waals surface area contributed by atoms with Gasteiger partial charge >= 0.3 is 0 Å². The fourth-order valence-electron chi connectivity index (χ4n) is 2.44. The molecule has 1 amide bonds. The van der Waals surface area contributed by atoms with E-state index in [4.69, 9.17) is 9.52 Å². The molecule has 4 nitrogen and oxygen atoms in total. The summed E-state index contributed by atoms with van der Waals surface area (Å²) in [5.74, 6) is -0.0126. The van der Waals surface area contributed by atoms with Crippen LogP contribution in [0.4, 0.5) is 0 Å². The highest BCUT2D eigenvalue weighted by atomic mass is 16.3. The number of rotatable bonds is 6. The molecule has 0 bridgehead atoms. The van der Waals surface area contributed by atoms with Crippen molar-refractivity contribution in [3.8, 4) is 0 Å². The summed E-state index contributed by atoms with van der Waals surface area (Å²) in [4.78, 5) is 12.1. The highest BCUT2D eigenvalue weighted by Crippen LogP contribution is 2.25. The number of amides is 1. The van der Waals surface area contributed by atoms with Gasteiger partial charge in [-0.05, 0) is 56.9 Å². The minimum absolute atomic E-state index is 0.0126. The number of hydrogen-bond acceptors (Lipinski definition) is 3. The van der Waals surface area contributed by atoms with E-state index in [1.165, 1.54) is 11.1 Å². The lowest BCUT2D eigenvalue weighted by Gasteiger charge is -2.12. The van der Waals surface area contributed by atoms with Gasteiger partial charge in [0.05, 0.1) is 12.7 Å². The molecule has 0 radical (unpaired) electrons. The molecule has 0 aliphatic heterocycles. The summed E-state index contributed by atoms with van der Waals surface area (Å²) < 4.78 is 5.54. The average molecular weight is 289 g/mol. The number of fused-ring (bicyclic) bond motifs is 1. The number of aliphatic hydroxyl groups is 1. The van der Waals surface area contributed by atoms with Gasteiger partial charge in [0.1, 0.15) is 5.58 Å². The van der Waals surface area contributed by atoms with Gasteiger partial charge in [-0.1, -0.05) is 0 Å². The number of carbonyl (C=O) groups excluding carboxylic acids is 1. The zero-order valence-corrected chi connectivity index (χ0v) is 12.9. The Morgan fingerprint density at radius 2 is 2.05 bits per heavy atom. The van der Waals surface area contributed by atoms with Gasteiger partial charge in [-0.2, -0.15) is 0 Å². The number of furan rings is 1. The second-order valence-corrected chi connectivity index (χ2v) is 5.70. The van der Waals surface area contributed by atoms with Crippen molar-refractivity contribution in [2.24, 2.45) is 0 Å². The maximum Gasteiger partial charge on any atom is 0.224 e. The Hall–Kier alpha value is -1.81. The molecular formula is C17H23NO3. The zero-order valence-electron chi connectivity index (χ0n) is 12.9. The van der Waals surface area contributed by atoms with E-state index >= 15 is 0 Å². The van der Waals surface area contributed by atoms with E-state index in [1.807, 2.05) is 19.9 Å². The molecule has 2 N–H and O–H groups in total. The molecule has 0 saturated heterocycles. The van der Waals surface area contributed by atoms with Crippen LogP contribution in [0.3, 0.4) is 0 Å². The lowest BCUT2D eigenvalue weighted by atomic mass is 10.0. The summed E-state index contributed by atoms with van der Waals surface area (Å²) in [7, 11) is 0. The number of aryl methyl sites for hydroxylation is 2. The van der Waals surface area contributed by atoms with Crippen LogP contribution < -0.4 is 5.32 Å². The van der Waals surface area contributed by atoms with E-state index in [-0.39, 0.29) is 18.6 Å². The Balaban J connectivity index is 2.06. The highest BCUT2D eigenvalue weighted by molar-refractivity contribution is 5.88. The number of carbonyl (C=O) groups is 1. The van der Waals surface area contributed by atoms with Gasteiger partial charge < -0.3 is 14.8 Å². The summed E-state index contributed by atoms with van der Waals surface area (Å²) in [6, 6.07) is 4.16. The molecule has 1 unspecified atom stereocenters. The van der Waals surface area contributed by atoms with Gasteiger partial charge in [0.25, 0.3) is 0 Å². The molecule has 21 heavy (non-hydrogen) atoms. The highest BCUT2D eigenvalue weighted by Gasteiger charge is 2.13. The Kier molecular flexibility index (Phi) is 5.02. The molecule has 0 aliphatic carbocycles. The van der Waals surface area contributed by atoms with Crippen LogP contribution in [0.25, 0.3) is 11.0 Å². The first kappa shape index (κ1) is 15.6. The average Bonchev–Trinajstić information content (AvgIpc) is 2.79. The van der Waals surface area contributed by atoms with Crippen LogP contribution in [-0.4, -0.2) is 23.7 Å². The van der Waals surface area contributed by atoms with Crippen molar-refractivity contribution >= 4 is 16.9 Å². The standard InChI is InChI=1S/C17H23NO3/c1-11-7-15-14(10-21-16(15)8-12(11)2)9-17(20)18-13(3)5-4-6-19/h7-8,10,13,19H,4-6,9H2,1-3H3,(H,18,20). The van der Waals surface area contributed by atoms with Crippen LogP contribution in [-0.2, 0) is 11.2 Å². The lowest BCUT2D eigenvalue weighted by Crippen LogP contribution is -2.33. The van der Waals surface area contributed by atoms with Crippen molar-refractivity contribution in [2.75, 3.05) is 6.61 Å². The van der Waals surface area contributed by atoms with Gasteiger partial charge in [-0.3, -0.25) is 4.79 Å². The Morgan fingerprint density at radius 1 is 1.33 bits per heavy atom. The van der Waals surface area contributed by atoms with Crippen LogP contribution in [0.5, 0.6) is 0 Å². The molecule has 0 saturated carbocycles. The molecular weight excluding hydrogens is 266 g/mol. The van der Waals surface area contributed by atoms with Crippen molar-refractivity contribution < 1.29 is 14.3 Å². The SMILES string of the molecule is Cc1cc2occ(CC(=O)NC(C)CCCO)c2cc1C. The molecule has 0 spiro atoms. The van der Waals surface area contributed by atoms with Crippen LogP contribution in [0.1, 0.15) is 36.5 Å². The molecule has 1 atom stereocenters. The van der Waals surface area contributed by atoms with Crippen molar-refractivity contribution in [3.63, 3.8) is 0 Å². The van der Waals surface area contributed by atoms with Gasteiger partial charge in [-0.25, -0.2) is 0 Å². The summed E-state index contributed by atoms with van der Waals surface area (Å²) in [6.07, 6.45) is 3.47. The molecule has 1 heterocycles. The fourth-order valence-corrected chi connectivity index (χ4v) is 2.44. The fraction of sp³-hybridized carbons (Fsp3) is 0.471. The van der Waals surface area contributed by atoms with Crippen LogP contribution in [0.15, 0.2) is 22.8 Å². The maximum atomic E-state index is 12.1. The maximum absolute atomic E-state index is 12.1. The monoisotopic (exact) mass is 289 g/mol. The predicted octanol–water partition coefficient (Wildman–Crippen LogP) is 2.87. The molecule has 1 aromatic heterocycles. The zero-order chi connectivity index (χ0) is 15.4. The van der Waals surface area contributed by atoms with Crippen molar-refractivity contribution in [1.82, 2.24) is 5.32 Å². The summed E-state index contributed by atoms with van der Waals surface area (Å²) in [5, 5.41) is 12.8. The number of aliphatic hydroxyl groups excluding tert-OH is 1. The topological polar surface area (TPSA) is 62.5 Å². The molecule has 114 valence electrons. The van der Waals surface area contributed by atoms with Gasteiger partial charge in [0, 0.05) is 23.6 Å². The molecule has 0 fully saturated rings. The Bertz CT molecular complexity index is 630. The second-order valence-electron chi connectivity index (χ2n) is 5.70. The van der Waals surface area contributed by atoms with Gasteiger partial charge in [0.15, 0.2) is 0 Å². The first-order valence-corrected chi connectivity index (χ1v) is 7.38.